The van der Waals surface area contributed by atoms with Crippen molar-refractivity contribution in [2.75, 3.05) is 19.8 Å². The van der Waals surface area contributed by atoms with Crippen LogP contribution in [0.5, 0.6) is 0 Å². The predicted molar refractivity (Wildman–Crippen MR) is 75.7 cm³/mol. The van der Waals surface area contributed by atoms with Crippen LogP contribution in [0.3, 0.4) is 0 Å². The molecule has 0 radical (unpaired) electrons. The van der Waals surface area contributed by atoms with E-state index in [1.165, 1.54) is 25.7 Å². The predicted octanol–water partition coefficient (Wildman–Crippen LogP) is 1.68. The van der Waals surface area contributed by atoms with Gasteiger partial charge < -0.3 is 15.8 Å². The summed E-state index contributed by atoms with van der Waals surface area (Å²) in [6, 6.07) is 0.0968. The number of carbonyl (C=O) groups is 1. The van der Waals surface area contributed by atoms with Crippen molar-refractivity contribution in [2.45, 2.75) is 51.5 Å². The van der Waals surface area contributed by atoms with E-state index in [1.807, 2.05) is 0 Å². The Hall–Kier alpha value is -0.610. The molecule has 0 aromatic heterocycles. The number of nitrogens with two attached hydrogens (primary N) is 1. The van der Waals surface area contributed by atoms with Crippen molar-refractivity contribution < 1.29 is 9.53 Å². The molecule has 0 aliphatic heterocycles. The highest BCUT2D eigenvalue weighted by Crippen LogP contribution is 2.47. The molecule has 1 amide bonds. The maximum absolute atomic E-state index is 12.1. The number of nitrogens with one attached hydrogen (secondary N) is 1. The van der Waals surface area contributed by atoms with E-state index in [1.54, 1.807) is 0 Å². The molecule has 2 aliphatic carbocycles. The van der Waals surface area contributed by atoms with E-state index >= 15 is 0 Å². The third-order valence-electron chi connectivity index (χ3n) is 4.69. The van der Waals surface area contributed by atoms with E-state index in [0.717, 1.165) is 26.1 Å². The van der Waals surface area contributed by atoms with Gasteiger partial charge in [-0.2, -0.15) is 0 Å². The van der Waals surface area contributed by atoms with Crippen molar-refractivity contribution in [1.29, 1.82) is 0 Å². The summed E-state index contributed by atoms with van der Waals surface area (Å²) in [6.45, 7) is 4.44. The van der Waals surface area contributed by atoms with Gasteiger partial charge in [0.1, 0.15) is 0 Å². The Morgan fingerprint density at radius 1 is 1.26 bits per heavy atom. The maximum atomic E-state index is 12.1. The largest absolute Gasteiger partial charge is 0.381 e. The summed E-state index contributed by atoms with van der Waals surface area (Å²) in [5.41, 5.74) is 6.16. The van der Waals surface area contributed by atoms with Gasteiger partial charge in [0.15, 0.2) is 0 Å². The van der Waals surface area contributed by atoms with Crippen molar-refractivity contribution in [3.63, 3.8) is 0 Å². The molecule has 0 saturated heterocycles. The number of carbonyl (C=O) groups excluding carboxylic acids is 1. The molecule has 3 N–H and O–H groups in total. The molecule has 4 unspecified atom stereocenters. The van der Waals surface area contributed by atoms with E-state index in [9.17, 15) is 4.79 Å². The summed E-state index contributed by atoms with van der Waals surface area (Å²) < 4.78 is 5.48. The molecule has 2 rings (SSSR count). The molecule has 2 saturated carbocycles. The summed E-state index contributed by atoms with van der Waals surface area (Å²) in [6.07, 6.45) is 6.76. The summed E-state index contributed by atoms with van der Waals surface area (Å²) >= 11 is 0. The van der Waals surface area contributed by atoms with Crippen molar-refractivity contribution >= 4 is 5.91 Å². The Morgan fingerprint density at radius 3 is 2.68 bits per heavy atom. The summed E-state index contributed by atoms with van der Waals surface area (Å²) in [7, 11) is 0. The van der Waals surface area contributed by atoms with Crippen LogP contribution >= 0.6 is 0 Å². The summed E-state index contributed by atoms with van der Waals surface area (Å²) in [5, 5.41) is 3.03. The van der Waals surface area contributed by atoms with Gasteiger partial charge in [0.2, 0.25) is 5.91 Å². The number of fused-ring (bicyclic) bond motifs is 2. The van der Waals surface area contributed by atoms with E-state index < -0.39 is 0 Å². The van der Waals surface area contributed by atoms with Crippen molar-refractivity contribution in [3.8, 4) is 0 Å². The van der Waals surface area contributed by atoms with Crippen LogP contribution < -0.4 is 11.1 Å². The van der Waals surface area contributed by atoms with Crippen LogP contribution in [0.2, 0.25) is 0 Å². The smallest absolute Gasteiger partial charge is 0.224 e. The van der Waals surface area contributed by atoms with Crippen LogP contribution in [0, 0.1) is 17.8 Å². The highest BCUT2D eigenvalue weighted by atomic mass is 16.5. The van der Waals surface area contributed by atoms with Gasteiger partial charge in [-0.3, -0.25) is 4.79 Å². The third-order valence-corrected chi connectivity index (χ3v) is 4.69. The Balaban J connectivity index is 1.57. The van der Waals surface area contributed by atoms with Crippen LogP contribution in [0.15, 0.2) is 0 Å². The molecule has 110 valence electrons. The lowest BCUT2D eigenvalue weighted by Gasteiger charge is -2.27. The highest BCUT2D eigenvalue weighted by molar-refractivity contribution is 5.80. The van der Waals surface area contributed by atoms with Crippen molar-refractivity contribution in [2.24, 2.45) is 23.5 Å². The number of ether oxygens (including phenoxy) is 1. The first kappa shape index (κ1) is 14.8. The van der Waals surface area contributed by atoms with Gasteiger partial charge >= 0.3 is 0 Å². The second-order valence-electron chi connectivity index (χ2n) is 6.05. The number of unbranched alkanes of at least 4 members (excludes halogenated alkanes) is 1. The minimum atomic E-state index is 0.0692. The minimum Gasteiger partial charge on any atom is -0.381 e. The van der Waals surface area contributed by atoms with Crippen molar-refractivity contribution in [1.82, 2.24) is 5.32 Å². The van der Waals surface area contributed by atoms with Crippen LogP contribution in [0.1, 0.15) is 45.4 Å². The Labute approximate surface area is 116 Å². The standard InChI is InChI=1S/C15H28N2O2/c1-2-3-8-19-9-4-7-17-15(18)13-11-5-6-12(10-11)14(13)16/h11-14H,2-10,16H2,1H3,(H,17,18). The fourth-order valence-corrected chi connectivity index (χ4v) is 3.58. The zero-order valence-electron chi connectivity index (χ0n) is 12.1. The van der Waals surface area contributed by atoms with Crippen LogP contribution in [0.25, 0.3) is 0 Å². The molecule has 4 atom stereocenters. The lowest BCUT2D eigenvalue weighted by atomic mass is 9.84. The first-order valence-electron chi connectivity index (χ1n) is 7.85. The molecule has 4 heteroatoms. The molecule has 0 heterocycles. The van der Waals surface area contributed by atoms with E-state index in [4.69, 9.17) is 10.5 Å². The topological polar surface area (TPSA) is 64.3 Å². The molecular weight excluding hydrogens is 240 g/mol. The van der Waals surface area contributed by atoms with Gasteiger partial charge in [-0.25, -0.2) is 0 Å². The number of rotatable bonds is 8. The zero-order valence-corrected chi connectivity index (χ0v) is 12.1. The fourth-order valence-electron chi connectivity index (χ4n) is 3.58. The van der Waals surface area contributed by atoms with Gasteiger partial charge in [-0.1, -0.05) is 13.3 Å². The SMILES string of the molecule is CCCCOCCCNC(=O)C1C2CCC(C2)C1N. The number of hydrogen-bond acceptors (Lipinski definition) is 3. The average Bonchev–Trinajstić information content (AvgIpc) is 2.98. The van der Waals surface area contributed by atoms with Gasteiger partial charge in [-0.15, -0.1) is 0 Å². The van der Waals surface area contributed by atoms with E-state index in [2.05, 4.69) is 12.2 Å². The second kappa shape index (κ2) is 7.25. The monoisotopic (exact) mass is 268 g/mol. The molecule has 2 aliphatic rings. The minimum absolute atomic E-state index is 0.0692. The lowest BCUT2D eigenvalue weighted by Crippen LogP contribution is -2.45. The molecule has 0 spiro atoms. The molecule has 19 heavy (non-hydrogen) atoms. The zero-order chi connectivity index (χ0) is 13.7. The Bertz CT molecular complexity index is 294. The second-order valence-corrected chi connectivity index (χ2v) is 6.05. The van der Waals surface area contributed by atoms with Crippen LogP contribution in [-0.4, -0.2) is 31.7 Å². The summed E-state index contributed by atoms with van der Waals surface area (Å²) in [4.78, 5) is 12.1. The Kier molecular flexibility index (Phi) is 5.64. The number of amides is 1. The number of hydrogen-bond donors (Lipinski definition) is 2. The van der Waals surface area contributed by atoms with Gasteiger partial charge in [0, 0.05) is 25.8 Å². The molecule has 2 fully saturated rings. The van der Waals surface area contributed by atoms with E-state index in [0.29, 0.717) is 18.4 Å². The normalized spacial score (nSPS) is 32.7. The van der Waals surface area contributed by atoms with E-state index in [-0.39, 0.29) is 17.9 Å². The van der Waals surface area contributed by atoms with Crippen LogP contribution in [0.4, 0.5) is 0 Å². The third kappa shape index (κ3) is 3.69. The quantitative estimate of drug-likeness (QED) is 0.658. The maximum Gasteiger partial charge on any atom is 0.224 e. The van der Waals surface area contributed by atoms with Crippen LogP contribution in [-0.2, 0) is 9.53 Å². The fraction of sp³-hybridized carbons (Fsp3) is 0.933. The first-order chi connectivity index (χ1) is 9.24. The van der Waals surface area contributed by atoms with Crippen molar-refractivity contribution in [3.05, 3.63) is 0 Å². The summed E-state index contributed by atoms with van der Waals surface area (Å²) in [5.74, 6) is 1.38. The van der Waals surface area contributed by atoms with Gasteiger partial charge in [-0.05, 0) is 43.9 Å². The molecule has 2 bridgehead atoms. The first-order valence-corrected chi connectivity index (χ1v) is 7.85. The average molecular weight is 268 g/mol. The molecule has 0 aromatic carbocycles. The highest BCUT2D eigenvalue weighted by Gasteiger charge is 2.48. The van der Waals surface area contributed by atoms with Gasteiger partial charge in [0.25, 0.3) is 0 Å². The molecule has 4 nitrogen and oxygen atoms in total. The van der Waals surface area contributed by atoms with Gasteiger partial charge in [0.05, 0.1) is 5.92 Å². The molecule has 0 aromatic rings. The Morgan fingerprint density at radius 2 is 2.00 bits per heavy atom. The lowest BCUT2D eigenvalue weighted by molar-refractivity contribution is -0.127. The molecular formula is C15H28N2O2.